The molecule has 2 aromatic rings. The minimum atomic E-state index is -0.158. The molecule has 24 heavy (non-hydrogen) atoms. The van der Waals surface area contributed by atoms with Gasteiger partial charge in [-0.2, -0.15) is 0 Å². The van der Waals surface area contributed by atoms with Gasteiger partial charge in [0.2, 0.25) is 11.8 Å². The van der Waals surface area contributed by atoms with Crippen molar-refractivity contribution < 1.29 is 9.59 Å². The third-order valence-corrected chi connectivity index (χ3v) is 5.23. The predicted molar refractivity (Wildman–Crippen MR) is 96.4 cm³/mol. The topological polar surface area (TPSA) is 71.1 Å². The van der Waals surface area contributed by atoms with E-state index in [1.54, 1.807) is 0 Å². The number of para-hydroxylation sites is 1. The molecule has 0 aliphatic carbocycles. The quantitative estimate of drug-likeness (QED) is 0.872. The van der Waals surface area contributed by atoms with Crippen molar-refractivity contribution in [2.24, 2.45) is 5.92 Å². The highest BCUT2D eigenvalue weighted by molar-refractivity contribution is 7.15. The van der Waals surface area contributed by atoms with Gasteiger partial charge in [-0.1, -0.05) is 25.1 Å². The van der Waals surface area contributed by atoms with Crippen LogP contribution >= 0.6 is 11.3 Å². The van der Waals surface area contributed by atoms with E-state index in [4.69, 9.17) is 0 Å². The van der Waals surface area contributed by atoms with Crippen LogP contribution < -0.4 is 10.6 Å². The molecule has 5 nitrogen and oxygen atoms in total. The van der Waals surface area contributed by atoms with Crippen LogP contribution in [0.2, 0.25) is 0 Å². The SMILES string of the molecule is CCc1nc(NC(=O)CCC2Cc3ccccc3NC2=O)sc1C. The van der Waals surface area contributed by atoms with Crippen LogP contribution in [-0.4, -0.2) is 16.8 Å². The lowest BCUT2D eigenvalue weighted by Gasteiger charge is -2.24. The van der Waals surface area contributed by atoms with E-state index in [9.17, 15) is 9.59 Å². The highest BCUT2D eigenvalue weighted by Crippen LogP contribution is 2.28. The molecule has 0 saturated carbocycles. The minimum Gasteiger partial charge on any atom is -0.326 e. The molecule has 1 aromatic heterocycles. The number of aryl methyl sites for hydroxylation is 2. The van der Waals surface area contributed by atoms with Crippen molar-refractivity contribution in [1.82, 2.24) is 4.98 Å². The van der Waals surface area contributed by atoms with Crippen LogP contribution in [0.4, 0.5) is 10.8 Å². The van der Waals surface area contributed by atoms with E-state index in [1.807, 2.05) is 38.1 Å². The molecule has 0 radical (unpaired) electrons. The monoisotopic (exact) mass is 343 g/mol. The highest BCUT2D eigenvalue weighted by Gasteiger charge is 2.26. The van der Waals surface area contributed by atoms with Crippen LogP contribution in [0.3, 0.4) is 0 Å². The van der Waals surface area contributed by atoms with Crippen LogP contribution in [0, 0.1) is 12.8 Å². The van der Waals surface area contributed by atoms with Gasteiger partial charge in [-0.15, -0.1) is 11.3 Å². The number of carbonyl (C=O) groups excluding carboxylic acids is 2. The number of carbonyl (C=O) groups is 2. The van der Waals surface area contributed by atoms with Crippen LogP contribution in [0.5, 0.6) is 0 Å². The Kier molecular flexibility index (Phi) is 4.94. The maximum atomic E-state index is 12.2. The highest BCUT2D eigenvalue weighted by atomic mass is 32.1. The van der Waals surface area contributed by atoms with Gasteiger partial charge in [0.1, 0.15) is 0 Å². The summed E-state index contributed by atoms with van der Waals surface area (Å²) in [4.78, 5) is 29.9. The molecule has 2 heterocycles. The Bertz CT molecular complexity index is 769. The van der Waals surface area contributed by atoms with Crippen molar-refractivity contribution in [1.29, 1.82) is 0 Å². The average Bonchev–Trinajstić information content (AvgIpc) is 2.92. The third kappa shape index (κ3) is 3.64. The Balaban J connectivity index is 1.55. The minimum absolute atomic E-state index is 0.000128. The first-order valence-corrected chi connectivity index (χ1v) is 9.03. The van der Waals surface area contributed by atoms with Gasteiger partial charge in [-0.05, 0) is 37.8 Å². The number of nitrogens with zero attached hydrogens (tertiary/aromatic N) is 1. The summed E-state index contributed by atoms with van der Waals surface area (Å²) >= 11 is 1.50. The van der Waals surface area contributed by atoms with E-state index in [-0.39, 0.29) is 17.7 Å². The zero-order chi connectivity index (χ0) is 17.1. The normalized spacial score (nSPS) is 16.4. The van der Waals surface area contributed by atoms with E-state index in [0.717, 1.165) is 28.2 Å². The standard InChI is InChI=1S/C18H21N3O2S/c1-3-14-11(2)24-18(20-14)21-16(22)9-8-13-10-12-6-4-5-7-15(12)19-17(13)23/h4-7,13H,3,8-10H2,1-2H3,(H,19,23)(H,20,21,22). The van der Waals surface area contributed by atoms with Gasteiger partial charge >= 0.3 is 0 Å². The molecular weight excluding hydrogens is 322 g/mol. The maximum Gasteiger partial charge on any atom is 0.227 e. The van der Waals surface area contributed by atoms with Gasteiger partial charge in [0.15, 0.2) is 5.13 Å². The molecule has 0 fully saturated rings. The van der Waals surface area contributed by atoms with Crippen molar-refractivity contribution >= 4 is 34.0 Å². The number of hydrogen-bond acceptors (Lipinski definition) is 4. The number of amides is 2. The number of aromatic nitrogens is 1. The number of fused-ring (bicyclic) bond motifs is 1. The summed E-state index contributed by atoms with van der Waals surface area (Å²) in [6, 6.07) is 7.81. The fourth-order valence-electron chi connectivity index (χ4n) is 2.94. The Morgan fingerprint density at radius 2 is 2.21 bits per heavy atom. The van der Waals surface area contributed by atoms with Crippen molar-refractivity contribution in [3.8, 4) is 0 Å². The van der Waals surface area contributed by atoms with Gasteiger partial charge in [0.05, 0.1) is 5.69 Å². The second-order valence-corrected chi connectivity index (χ2v) is 7.21. The molecular formula is C18H21N3O2S. The second-order valence-electron chi connectivity index (χ2n) is 6.01. The molecule has 1 atom stereocenters. The van der Waals surface area contributed by atoms with Crippen LogP contribution in [0.25, 0.3) is 0 Å². The Hall–Kier alpha value is -2.21. The summed E-state index contributed by atoms with van der Waals surface area (Å²) in [6.07, 6.45) is 2.41. The van der Waals surface area contributed by atoms with Gasteiger partial charge in [-0.3, -0.25) is 9.59 Å². The molecule has 0 saturated heterocycles. The number of nitrogens with one attached hydrogen (secondary N) is 2. The molecule has 3 rings (SSSR count). The average molecular weight is 343 g/mol. The zero-order valence-electron chi connectivity index (χ0n) is 13.9. The molecule has 6 heteroatoms. The van der Waals surface area contributed by atoms with Crippen molar-refractivity contribution in [2.45, 2.75) is 39.5 Å². The molecule has 2 amide bonds. The lowest BCUT2D eigenvalue weighted by Crippen LogP contribution is -2.30. The van der Waals surface area contributed by atoms with E-state index < -0.39 is 0 Å². The lowest BCUT2D eigenvalue weighted by molar-refractivity contribution is -0.121. The first kappa shape index (κ1) is 16.6. The van der Waals surface area contributed by atoms with Gasteiger partial charge in [0, 0.05) is 22.9 Å². The number of anilines is 2. The van der Waals surface area contributed by atoms with E-state index >= 15 is 0 Å². The van der Waals surface area contributed by atoms with Crippen molar-refractivity contribution in [3.05, 3.63) is 40.4 Å². The molecule has 1 aliphatic heterocycles. The molecule has 126 valence electrons. The first-order valence-electron chi connectivity index (χ1n) is 8.21. The number of benzene rings is 1. The first-order chi connectivity index (χ1) is 11.6. The summed E-state index contributed by atoms with van der Waals surface area (Å²) in [5, 5.41) is 6.41. The summed E-state index contributed by atoms with van der Waals surface area (Å²) in [6.45, 7) is 4.06. The van der Waals surface area contributed by atoms with Crippen molar-refractivity contribution in [3.63, 3.8) is 0 Å². The number of rotatable bonds is 5. The van der Waals surface area contributed by atoms with Gasteiger partial charge < -0.3 is 10.6 Å². The largest absolute Gasteiger partial charge is 0.326 e. The number of hydrogen-bond donors (Lipinski definition) is 2. The lowest BCUT2D eigenvalue weighted by atomic mass is 9.89. The molecule has 1 aromatic carbocycles. The van der Waals surface area contributed by atoms with Gasteiger partial charge in [0.25, 0.3) is 0 Å². The third-order valence-electron chi connectivity index (χ3n) is 4.31. The Morgan fingerprint density at radius 3 is 2.96 bits per heavy atom. The second kappa shape index (κ2) is 7.13. The van der Waals surface area contributed by atoms with E-state index in [0.29, 0.717) is 24.4 Å². The Morgan fingerprint density at radius 1 is 1.42 bits per heavy atom. The molecule has 0 spiro atoms. The summed E-state index contributed by atoms with van der Waals surface area (Å²) in [5.74, 6) is -0.243. The van der Waals surface area contributed by atoms with Crippen LogP contribution in [0.1, 0.15) is 35.9 Å². The molecule has 2 N–H and O–H groups in total. The molecule has 1 aliphatic rings. The Labute approximate surface area is 145 Å². The smallest absolute Gasteiger partial charge is 0.227 e. The van der Waals surface area contributed by atoms with E-state index in [1.165, 1.54) is 11.3 Å². The fraction of sp³-hybridized carbons (Fsp3) is 0.389. The predicted octanol–water partition coefficient (Wildman–Crippen LogP) is 3.54. The van der Waals surface area contributed by atoms with Crippen molar-refractivity contribution in [2.75, 3.05) is 10.6 Å². The van der Waals surface area contributed by atoms with Gasteiger partial charge in [-0.25, -0.2) is 4.98 Å². The summed E-state index contributed by atoms with van der Waals surface area (Å²) in [7, 11) is 0. The number of thiazole rings is 1. The summed E-state index contributed by atoms with van der Waals surface area (Å²) in [5.41, 5.74) is 3.04. The molecule has 1 unspecified atom stereocenters. The van der Waals surface area contributed by atoms with E-state index in [2.05, 4.69) is 15.6 Å². The van der Waals surface area contributed by atoms with Crippen LogP contribution in [0.15, 0.2) is 24.3 Å². The van der Waals surface area contributed by atoms with Crippen LogP contribution in [-0.2, 0) is 22.4 Å². The maximum absolute atomic E-state index is 12.2. The molecule has 0 bridgehead atoms. The fourth-order valence-corrected chi connectivity index (χ4v) is 3.86. The zero-order valence-corrected chi connectivity index (χ0v) is 14.7. The summed E-state index contributed by atoms with van der Waals surface area (Å²) < 4.78 is 0.